The minimum absolute atomic E-state index is 0.186. The molecule has 2 rings (SSSR count). The lowest BCUT2D eigenvalue weighted by molar-refractivity contribution is -0.117. The van der Waals surface area contributed by atoms with Gasteiger partial charge in [0, 0.05) is 25.2 Å². The minimum atomic E-state index is 0.186. The van der Waals surface area contributed by atoms with Crippen molar-refractivity contribution in [2.24, 2.45) is 11.7 Å². The van der Waals surface area contributed by atoms with Gasteiger partial charge >= 0.3 is 0 Å². The van der Waals surface area contributed by atoms with Gasteiger partial charge in [0.25, 0.3) is 0 Å². The number of carbonyl (C=O) groups is 1. The van der Waals surface area contributed by atoms with Gasteiger partial charge in [0.05, 0.1) is 0 Å². The molecule has 0 aromatic heterocycles. The van der Waals surface area contributed by atoms with Crippen molar-refractivity contribution in [3.05, 3.63) is 29.8 Å². The second kappa shape index (κ2) is 5.50. The van der Waals surface area contributed by atoms with Crippen molar-refractivity contribution in [3.8, 4) is 0 Å². The fourth-order valence-corrected chi connectivity index (χ4v) is 2.34. The van der Waals surface area contributed by atoms with Gasteiger partial charge in [0.1, 0.15) is 0 Å². The number of hydrogen-bond acceptors (Lipinski definition) is 3. The SMILES string of the molecule is CN(C)Cc1ccc(N2CC(CN)CC2=O)cc1. The molecular formula is C14H21N3O. The van der Waals surface area contributed by atoms with Gasteiger partial charge in [-0.3, -0.25) is 4.79 Å². The third kappa shape index (κ3) is 2.89. The van der Waals surface area contributed by atoms with Crippen LogP contribution in [0.4, 0.5) is 5.69 Å². The Bertz CT molecular complexity index is 414. The van der Waals surface area contributed by atoms with E-state index in [4.69, 9.17) is 5.73 Å². The van der Waals surface area contributed by atoms with E-state index in [1.54, 1.807) is 0 Å². The highest BCUT2D eigenvalue weighted by Gasteiger charge is 2.29. The minimum Gasteiger partial charge on any atom is -0.330 e. The van der Waals surface area contributed by atoms with Crippen LogP contribution in [0.3, 0.4) is 0 Å². The lowest BCUT2D eigenvalue weighted by Gasteiger charge is -2.17. The van der Waals surface area contributed by atoms with Crippen molar-refractivity contribution in [2.75, 3.05) is 32.1 Å². The molecule has 1 fully saturated rings. The molecule has 0 radical (unpaired) electrons. The topological polar surface area (TPSA) is 49.6 Å². The average Bonchev–Trinajstić information content (AvgIpc) is 2.71. The van der Waals surface area contributed by atoms with E-state index in [0.717, 1.165) is 18.8 Å². The molecule has 1 aliphatic rings. The highest BCUT2D eigenvalue weighted by Crippen LogP contribution is 2.24. The highest BCUT2D eigenvalue weighted by atomic mass is 16.2. The molecule has 1 heterocycles. The molecule has 98 valence electrons. The normalized spacial score (nSPS) is 19.9. The summed E-state index contributed by atoms with van der Waals surface area (Å²) in [7, 11) is 4.09. The Kier molecular flexibility index (Phi) is 3.99. The zero-order valence-electron chi connectivity index (χ0n) is 11.1. The first-order valence-corrected chi connectivity index (χ1v) is 6.34. The summed E-state index contributed by atoms with van der Waals surface area (Å²) in [6.07, 6.45) is 0.579. The van der Waals surface area contributed by atoms with E-state index in [1.807, 2.05) is 31.1 Å². The zero-order chi connectivity index (χ0) is 13.1. The summed E-state index contributed by atoms with van der Waals surface area (Å²) in [5.74, 6) is 0.491. The van der Waals surface area contributed by atoms with Crippen LogP contribution >= 0.6 is 0 Å². The largest absolute Gasteiger partial charge is 0.330 e. The number of benzene rings is 1. The van der Waals surface area contributed by atoms with Crippen LogP contribution in [-0.2, 0) is 11.3 Å². The summed E-state index contributed by atoms with van der Waals surface area (Å²) in [5.41, 5.74) is 7.87. The summed E-state index contributed by atoms with van der Waals surface area (Å²) < 4.78 is 0. The van der Waals surface area contributed by atoms with Crippen LogP contribution in [0.25, 0.3) is 0 Å². The van der Waals surface area contributed by atoms with Gasteiger partial charge in [-0.1, -0.05) is 12.1 Å². The molecule has 1 saturated heterocycles. The number of rotatable bonds is 4. The molecule has 0 bridgehead atoms. The van der Waals surface area contributed by atoms with Crippen LogP contribution in [0.1, 0.15) is 12.0 Å². The number of hydrogen-bond donors (Lipinski definition) is 1. The molecule has 18 heavy (non-hydrogen) atoms. The number of anilines is 1. The molecular weight excluding hydrogens is 226 g/mol. The van der Waals surface area contributed by atoms with Crippen molar-refractivity contribution < 1.29 is 4.79 Å². The summed E-state index contributed by atoms with van der Waals surface area (Å²) in [5, 5.41) is 0. The van der Waals surface area contributed by atoms with Crippen molar-refractivity contribution in [2.45, 2.75) is 13.0 Å². The molecule has 0 aliphatic carbocycles. The van der Waals surface area contributed by atoms with Gasteiger partial charge in [-0.15, -0.1) is 0 Å². The van der Waals surface area contributed by atoms with Crippen LogP contribution in [0.5, 0.6) is 0 Å². The third-order valence-corrected chi connectivity index (χ3v) is 3.29. The molecule has 0 saturated carbocycles. The smallest absolute Gasteiger partial charge is 0.227 e. The zero-order valence-corrected chi connectivity index (χ0v) is 11.1. The summed E-state index contributed by atoms with van der Waals surface area (Å²) in [4.78, 5) is 15.8. The Balaban J connectivity index is 2.08. The summed E-state index contributed by atoms with van der Waals surface area (Å²) in [6, 6.07) is 8.21. The van der Waals surface area contributed by atoms with Crippen LogP contribution in [0.15, 0.2) is 24.3 Å². The lowest BCUT2D eigenvalue weighted by Crippen LogP contribution is -2.25. The van der Waals surface area contributed by atoms with Gasteiger partial charge in [-0.05, 0) is 44.3 Å². The number of nitrogens with two attached hydrogens (primary N) is 1. The molecule has 4 heteroatoms. The van der Waals surface area contributed by atoms with Crippen molar-refractivity contribution in [1.82, 2.24) is 4.90 Å². The van der Waals surface area contributed by atoms with Crippen LogP contribution in [-0.4, -0.2) is 38.0 Å². The van der Waals surface area contributed by atoms with Gasteiger partial charge in [-0.2, -0.15) is 0 Å². The summed E-state index contributed by atoms with van der Waals surface area (Å²) >= 11 is 0. The van der Waals surface area contributed by atoms with E-state index >= 15 is 0 Å². The Morgan fingerprint density at radius 3 is 2.50 bits per heavy atom. The van der Waals surface area contributed by atoms with E-state index in [2.05, 4.69) is 17.0 Å². The molecule has 1 aromatic carbocycles. The van der Waals surface area contributed by atoms with Crippen molar-refractivity contribution in [1.29, 1.82) is 0 Å². The second-order valence-corrected chi connectivity index (χ2v) is 5.21. The molecule has 1 aromatic rings. The number of carbonyl (C=O) groups excluding carboxylic acids is 1. The van der Waals surface area contributed by atoms with E-state index in [1.165, 1.54) is 5.56 Å². The molecule has 1 amide bonds. The monoisotopic (exact) mass is 247 g/mol. The van der Waals surface area contributed by atoms with Crippen molar-refractivity contribution in [3.63, 3.8) is 0 Å². The van der Waals surface area contributed by atoms with Crippen LogP contribution < -0.4 is 10.6 Å². The van der Waals surface area contributed by atoms with Gasteiger partial charge in [-0.25, -0.2) is 0 Å². The maximum atomic E-state index is 11.9. The fourth-order valence-electron chi connectivity index (χ4n) is 2.34. The Hall–Kier alpha value is -1.39. The predicted molar refractivity (Wildman–Crippen MR) is 73.3 cm³/mol. The fraction of sp³-hybridized carbons (Fsp3) is 0.500. The van der Waals surface area contributed by atoms with Crippen LogP contribution in [0, 0.1) is 5.92 Å². The highest BCUT2D eigenvalue weighted by molar-refractivity contribution is 5.95. The molecule has 1 aliphatic heterocycles. The van der Waals surface area contributed by atoms with Crippen LogP contribution in [0.2, 0.25) is 0 Å². The first-order valence-electron chi connectivity index (χ1n) is 6.34. The van der Waals surface area contributed by atoms with Gasteiger partial charge in [0.2, 0.25) is 5.91 Å². The quantitative estimate of drug-likeness (QED) is 0.865. The molecule has 0 spiro atoms. The van der Waals surface area contributed by atoms with E-state index in [9.17, 15) is 4.79 Å². The predicted octanol–water partition coefficient (Wildman–Crippen LogP) is 1.06. The summed E-state index contributed by atoms with van der Waals surface area (Å²) in [6.45, 7) is 2.25. The second-order valence-electron chi connectivity index (χ2n) is 5.21. The van der Waals surface area contributed by atoms with E-state index < -0.39 is 0 Å². The number of amides is 1. The average molecular weight is 247 g/mol. The maximum absolute atomic E-state index is 11.9. The first-order chi connectivity index (χ1) is 8.60. The Labute approximate surface area is 108 Å². The maximum Gasteiger partial charge on any atom is 0.227 e. The number of nitrogens with zero attached hydrogens (tertiary/aromatic N) is 2. The molecule has 2 N–H and O–H groups in total. The standard InChI is InChI=1S/C14H21N3O/c1-16(2)9-11-3-5-13(6-4-11)17-10-12(8-15)7-14(17)18/h3-6,12H,7-10,15H2,1-2H3. The van der Waals surface area contributed by atoms with E-state index in [-0.39, 0.29) is 5.91 Å². The van der Waals surface area contributed by atoms with Crippen molar-refractivity contribution >= 4 is 11.6 Å². The molecule has 4 nitrogen and oxygen atoms in total. The third-order valence-electron chi connectivity index (χ3n) is 3.29. The Morgan fingerprint density at radius 1 is 1.33 bits per heavy atom. The van der Waals surface area contributed by atoms with Gasteiger partial charge < -0.3 is 15.5 Å². The van der Waals surface area contributed by atoms with Gasteiger partial charge in [0.15, 0.2) is 0 Å². The van der Waals surface area contributed by atoms with E-state index in [0.29, 0.717) is 18.9 Å². The molecule has 1 atom stereocenters. The first kappa shape index (κ1) is 13.1. The molecule has 1 unspecified atom stereocenters. The lowest BCUT2D eigenvalue weighted by atomic mass is 10.1. The Morgan fingerprint density at radius 2 is 2.00 bits per heavy atom.